The molecule has 12 heteroatoms. The quantitative estimate of drug-likeness (QED) is 0.139. The number of carbonyl (C=O) groups excluding carboxylic acids is 2. The SMILES string of the molecule is CCCCO[C@@H](COC(=O)c1ccccc1)C1O[C@@H](S)[C@H](O)C(OC(=O)c2ccccc2)[C@@H]1OB=BP. The van der Waals surface area contributed by atoms with E-state index in [1.165, 1.54) is 7.00 Å². The Labute approximate surface area is 226 Å². The molecule has 37 heavy (non-hydrogen) atoms. The number of ether oxygens (including phenoxy) is 4. The second-order valence-corrected chi connectivity index (χ2v) is 9.27. The zero-order chi connectivity index (χ0) is 26.6. The Balaban J connectivity index is 1.84. The van der Waals surface area contributed by atoms with Crippen LogP contribution in [0.25, 0.3) is 0 Å². The molecule has 1 N–H and O–H groups in total. The van der Waals surface area contributed by atoms with E-state index in [-0.39, 0.29) is 6.61 Å². The first-order valence-electron chi connectivity index (χ1n) is 12.1. The molecule has 3 rings (SSSR count). The number of carbonyl (C=O) groups is 2. The van der Waals surface area contributed by atoms with Gasteiger partial charge >= 0.3 is 226 Å². The summed E-state index contributed by atoms with van der Waals surface area (Å²) in [6, 6.07) is 17.0. The van der Waals surface area contributed by atoms with Gasteiger partial charge in [-0.05, 0) is 0 Å². The second kappa shape index (κ2) is 15.4. The molecule has 3 unspecified atom stereocenters. The van der Waals surface area contributed by atoms with Crippen LogP contribution in [0.4, 0.5) is 0 Å². The van der Waals surface area contributed by atoms with Gasteiger partial charge in [0.2, 0.25) is 0 Å². The molecule has 1 fully saturated rings. The summed E-state index contributed by atoms with van der Waals surface area (Å²) in [4.78, 5) is 25.5. The fourth-order valence-electron chi connectivity index (χ4n) is 3.79. The number of hydrogen-bond acceptors (Lipinski definition) is 9. The van der Waals surface area contributed by atoms with Crippen LogP contribution in [0, 0.1) is 0 Å². The summed E-state index contributed by atoms with van der Waals surface area (Å²) in [5, 5.41) is 10.9. The van der Waals surface area contributed by atoms with E-state index < -0.39 is 47.9 Å². The van der Waals surface area contributed by atoms with Crippen LogP contribution >= 0.6 is 21.7 Å². The maximum atomic E-state index is 12.9. The first-order valence-corrected chi connectivity index (χ1v) is 13.3. The number of hydrogen-bond donors (Lipinski definition) is 2. The van der Waals surface area contributed by atoms with E-state index >= 15 is 0 Å². The van der Waals surface area contributed by atoms with Crippen LogP contribution in [0.15, 0.2) is 60.7 Å². The van der Waals surface area contributed by atoms with Crippen LogP contribution in [-0.4, -0.2) is 79.7 Å². The van der Waals surface area contributed by atoms with Crippen molar-refractivity contribution in [2.75, 3.05) is 13.2 Å². The number of aliphatic hydroxyl groups excluding tert-OH is 1. The molecule has 1 saturated heterocycles. The Morgan fingerprint density at radius 2 is 1.68 bits per heavy atom. The van der Waals surface area contributed by atoms with Crippen LogP contribution in [-0.2, 0) is 23.6 Å². The van der Waals surface area contributed by atoms with Crippen molar-refractivity contribution in [3.63, 3.8) is 0 Å². The van der Waals surface area contributed by atoms with E-state index in [2.05, 4.69) is 21.7 Å². The van der Waals surface area contributed by atoms with E-state index in [1.807, 2.05) is 6.92 Å². The summed E-state index contributed by atoms with van der Waals surface area (Å²) in [7, 11) is 3.77. The molecule has 196 valence electrons. The van der Waals surface area contributed by atoms with Crippen molar-refractivity contribution < 1.29 is 38.3 Å². The summed E-state index contributed by atoms with van der Waals surface area (Å²) in [6.45, 7) is 3.83. The van der Waals surface area contributed by atoms with Crippen LogP contribution < -0.4 is 0 Å². The Hall–Kier alpha value is -2.03. The van der Waals surface area contributed by atoms with Crippen molar-refractivity contribution >= 4 is 47.2 Å². The molecule has 0 aliphatic carbocycles. The molecule has 0 radical (unpaired) electrons. The molecular formula is C25H31B2O8PS. The Bertz CT molecular complexity index is 1020. The molecule has 0 spiro atoms. The van der Waals surface area contributed by atoms with Crippen molar-refractivity contribution in [2.24, 2.45) is 0 Å². The van der Waals surface area contributed by atoms with Crippen LogP contribution in [0.3, 0.4) is 0 Å². The van der Waals surface area contributed by atoms with E-state index in [0.29, 0.717) is 17.7 Å². The van der Waals surface area contributed by atoms with Crippen molar-refractivity contribution in [3.05, 3.63) is 71.8 Å². The number of aliphatic hydroxyl groups is 1. The van der Waals surface area contributed by atoms with Crippen molar-refractivity contribution in [2.45, 2.75) is 55.7 Å². The third kappa shape index (κ3) is 8.48. The van der Waals surface area contributed by atoms with E-state index in [9.17, 15) is 14.7 Å². The van der Waals surface area contributed by atoms with Gasteiger partial charge in [-0.2, -0.15) is 0 Å². The van der Waals surface area contributed by atoms with Crippen LogP contribution in [0.2, 0.25) is 0 Å². The third-order valence-electron chi connectivity index (χ3n) is 5.72. The molecule has 1 aliphatic rings. The predicted molar refractivity (Wildman–Crippen MR) is 147 cm³/mol. The van der Waals surface area contributed by atoms with Crippen LogP contribution in [0.5, 0.6) is 0 Å². The molecular weight excluding hydrogens is 513 g/mol. The summed E-state index contributed by atoms with van der Waals surface area (Å²) < 4.78 is 29.2. The van der Waals surface area contributed by atoms with Gasteiger partial charge in [0.05, 0.1) is 0 Å². The molecule has 0 aromatic heterocycles. The third-order valence-corrected chi connectivity index (χ3v) is 6.31. The predicted octanol–water partition coefficient (Wildman–Crippen LogP) is 2.68. The number of esters is 2. The first-order chi connectivity index (χ1) is 18.0. The van der Waals surface area contributed by atoms with Crippen molar-refractivity contribution in [1.82, 2.24) is 0 Å². The minimum atomic E-state index is -1.29. The zero-order valence-corrected chi connectivity index (χ0v) is 22.6. The molecule has 7 atom stereocenters. The molecule has 0 saturated carbocycles. The number of benzene rings is 2. The maximum absolute atomic E-state index is 12.9. The van der Waals surface area contributed by atoms with Crippen molar-refractivity contribution in [1.29, 1.82) is 0 Å². The monoisotopic (exact) mass is 544 g/mol. The standard InChI is InChI=1S/C25H31B2O8PS/c1-2-3-14-31-18(15-32-23(29)16-10-6-4-7-11-16)20-22(35-26-27-36)21(19(28)25(37)34-20)33-24(30)17-12-8-5-9-13-17/h4-13,18-22,25,28,37H,2-3,14-15,36H2,1H3/t18-,19+,20?,21?,22+,25-/m0/s1. The van der Waals surface area contributed by atoms with Gasteiger partial charge < -0.3 is 0 Å². The van der Waals surface area contributed by atoms with Gasteiger partial charge in [0.1, 0.15) is 0 Å². The topological polar surface area (TPSA) is 101 Å². The van der Waals surface area contributed by atoms with Gasteiger partial charge in [-0.3, -0.25) is 0 Å². The zero-order valence-electron chi connectivity index (χ0n) is 20.6. The average Bonchev–Trinajstić information content (AvgIpc) is 2.93. The summed E-state index contributed by atoms with van der Waals surface area (Å²) >= 11 is 4.38. The molecule has 2 aromatic rings. The minimum absolute atomic E-state index is 0.150. The molecule has 8 nitrogen and oxygen atoms in total. The van der Waals surface area contributed by atoms with Gasteiger partial charge in [0.25, 0.3) is 0 Å². The summed E-state index contributed by atoms with van der Waals surface area (Å²) in [5.74, 6) is -1.15. The van der Waals surface area contributed by atoms with Crippen molar-refractivity contribution in [3.8, 4) is 0 Å². The molecule has 2 aromatic carbocycles. The fraction of sp³-hybridized carbons (Fsp3) is 0.440. The van der Waals surface area contributed by atoms with E-state index in [4.69, 9.17) is 23.6 Å². The molecule has 0 bridgehead atoms. The normalized spacial score (nSPS) is 23.9. The molecule has 1 aliphatic heterocycles. The average molecular weight is 544 g/mol. The van der Waals surface area contributed by atoms with Gasteiger partial charge in [-0.25, -0.2) is 0 Å². The second-order valence-electron chi connectivity index (χ2n) is 8.37. The number of thiol groups is 1. The molecule has 1 heterocycles. The van der Waals surface area contributed by atoms with Gasteiger partial charge in [-0.1, -0.05) is 0 Å². The van der Waals surface area contributed by atoms with Gasteiger partial charge in [0, 0.05) is 0 Å². The number of unbranched alkanes of at least 4 members (excludes halogenated alkanes) is 1. The van der Waals surface area contributed by atoms with Gasteiger partial charge in [-0.15, -0.1) is 0 Å². The molecule has 0 amide bonds. The first kappa shape index (κ1) is 29.5. The fourth-order valence-corrected chi connectivity index (χ4v) is 4.19. The number of rotatable bonds is 12. The Morgan fingerprint density at radius 3 is 2.27 bits per heavy atom. The van der Waals surface area contributed by atoms with E-state index in [1.54, 1.807) is 67.2 Å². The van der Waals surface area contributed by atoms with E-state index in [0.717, 1.165) is 12.8 Å². The summed E-state index contributed by atoms with van der Waals surface area (Å²) in [6.07, 6.45) is -3.43. The van der Waals surface area contributed by atoms with Crippen LogP contribution in [0.1, 0.15) is 40.5 Å². The Kier molecular flexibility index (Phi) is 12.3. The summed E-state index contributed by atoms with van der Waals surface area (Å²) in [5.41, 5.74) is -0.294. The Morgan fingerprint density at radius 1 is 1.05 bits per heavy atom. The van der Waals surface area contributed by atoms with Gasteiger partial charge in [0.15, 0.2) is 0 Å².